The van der Waals surface area contributed by atoms with Crippen LogP contribution in [0.15, 0.2) is 120 Å². The molecule has 0 radical (unpaired) electrons. The molecular weight excluding hydrogens is 538 g/mol. The fourth-order valence-corrected chi connectivity index (χ4v) is 5.91. The fraction of sp³-hybridized carbons (Fsp3) is 0.188. The summed E-state index contributed by atoms with van der Waals surface area (Å²) >= 11 is 0. The summed E-state index contributed by atoms with van der Waals surface area (Å²) in [5.74, 6) is -0.351. The van der Waals surface area contributed by atoms with Crippen LogP contribution in [0, 0.1) is 0 Å². The lowest BCUT2D eigenvalue weighted by molar-refractivity contribution is -0.139. The van der Waals surface area contributed by atoms with Crippen LogP contribution in [0.3, 0.4) is 0 Å². The first kappa shape index (κ1) is 29.4. The van der Waals surface area contributed by atoms with E-state index in [1.807, 2.05) is 60.7 Å². The zero-order valence-electron chi connectivity index (χ0n) is 23.0. The Kier molecular flexibility index (Phi) is 9.76. The largest absolute Gasteiger partial charge is 0.497 e. The molecule has 0 heterocycles. The van der Waals surface area contributed by atoms with Crippen LogP contribution in [0.1, 0.15) is 11.1 Å². The van der Waals surface area contributed by atoms with Crippen molar-refractivity contribution in [2.45, 2.75) is 23.9 Å². The maximum absolute atomic E-state index is 14.2. The average molecular weight is 572 g/mol. The van der Waals surface area contributed by atoms with Crippen LogP contribution >= 0.6 is 0 Å². The summed E-state index contributed by atoms with van der Waals surface area (Å²) in [5, 5.41) is 2.68. The van der Waals surface area contributed by atoms with Crippen molar-refractivity contribution in [3.05, 3.63) is 126 Å². The number of likely N-dealkylation sites (N-methyl/N-ethyl adjacent to an activating group) is 1. The number of anilines is 1. The number of amides is 2. The number of carbonyl (C=O) groups is 2. The smallest absolute Gasteiger partial charge is 0.264 e. The van der Waals surface area contributed by atoms with Gasteiger partial charge in [0.2, 0.25) is 11.8 Å². The van der Waals surface area contributed by atoms with Gasteiger partial charge in [-0.2, -0.15) is 0 Å². The van der Waals surface area contributed by atoms with Crippen molar-refractivity contribution >= 4 is 27.5 Å². The topological polar surface area (TPSA) is 96.0 Å². The lowest BCUT2D eigenvalue weighted by Gasteiger charge is -2.33. The molecule has 41 heavy (non-hydrogen) atoms. The Labute approximate surface area is 241 Å². The molecule has 0 fully saturated rings. The minimum Gasteiger partial charge on any atom is -0.497 e. The molecule has 9 heteroatoms. The highest BCUT2D eigenvalue weighted by molar-refractivity contribution is 7.92. The molecule has 0 aliphatic heterocycles. The van der Waals surface area contributed by atoms with Crippen molar-refractivity contribution in [1.29, 1.82) is 0 Å². The van der Waals surface area contributed by atoms with Crippen LogP contribution in [0.2, 0.25) is 0 Å². The summed E-state index contributed by atoms with van der Waals surface area (Å²) in [6.07, 6.45) is 0.260. The molecule has 0 aliphatic carbocycles. The predicted molar refractivity (Wildman–Crippen MR) is 159 cm³/mol. The van der Waals surface area contributed by atoms with E-state index in [0.717, 1.165) is 15.4 Å². The number of para-hydroxylation sites is 1. The Morgan fingerprint density at radius 1 is 0.780 bits per heavy atom. The van der Waals surface area contributed by atoms with Gasteiger partial charge in [0.05, 0.1) is 17.7 Å². The molecule has 1 N–H and O–H groups in total. The molecule has 2 amide bonds. The monoisotopic (exact) mass is 571 g/mol. The van der Waals surface area contributed by atoms with E-state index in [1.165, 1.54) is 31.2 Å². The third kappa shape index (κ3) is 7.32. The van der Waals surface area contributed by atoms with Gasteiger partial charge in [0.1, 0.15) is 18.3 Å². The molecule has 0 bridgehead atoms. The molecule has 0 saturated carbocycles. The van der Waals surface area contributed by atoms with Gasteiger partial charge < -0.3 is 15.0 Å². The number of rotatable bonds is 12. The normalized spacial score (nSPS) is 11.8. The van der Waals surface area contributed by atoms with Crippen molar-refractivity contribution in [2.24, 2.45) is 0 Å². The third-order valence-electron chi connectivity index (χ3n) is 6.68. The van der Waals surface area contributed by atoms with E-state index in [2.05, 4.69) is 5.32 Å². The van der Waals surface area contributed by atoms with E-state index in [0.29, 0.717) is 11.4 Å². The maximum Gasteiger partial charge on any atom is 0.264 e. The number of carbonyl (C=O) groups excluding carboxylic acids is 2. The molecule has 8 nitrogen and oxygen atoms in total. The highest BCUT2D eigenvalue weighted by Gasteiger charge is 2.34. The zero-order valence-corrected chi connectivity index (χ0v) is 23.8. The molecule has 4 aromatic rings. The van der Waals surface area contributed by atoms with Gasteiger partial charge in [0.25, 0.3) is 10.0 Å². The van der Waals surface area contributed by atoms with Gasteiger partial charge in [-0.15, -0.1) is 0 Å². The van der Waals surface area contributed by atoms with Crippen LogP contribution in [-0.2, 0) is 32.6 Å². The van der Waals surface area contributed by atoms with E-state index in [-0.39, 0.29) is 23.8 Å². The average Bonchev–Trinajstić information content (AvgIpc) is 3.02. The molecule has 0 saturated heterocycles. The molecule has 0 aromatic heterocycles. The van der Waals surface area contributed by atoms with Crippen LogP contribution in [0.4, 0.5) is 5.69 Å². The molecule has 1 unspecified atom stereocenters. The highest BCUT2D eigenvalue weighted by atomic mass is 32.2. The van der Waals surface area contributed by atoms with Gasteiger partial charge in [-0.1, -0.05) is 78.9 Å². The van der Waals surface area contributed by atoms with E-state index < -0.39 is 28.5 Å². The van der Waals surface area contributed by atoms with Crippen molar-refractivity contribution in [3.63, 3.8) is 0 Å². The summed E-state index contributed by atoms with van der Waals surface area (Å²) in [4.78, 5) is 28.9. The highest BCUT2D eigenvalue weighted by Crippen LogP contribution is 2.26. The first-order valence-electron chi connectivity index (χ1n) is 13.1. The summed E-state index contributed by atoms with van der Waals surface area (Å²) < 4.78 is 34.1. The van der Waals surface area contributed by atoms with Gasteiger partial charge >= 0.3 is 0 Å². The molecule has 0 aliphatic rings. The van der Waals surface area contributed by atoms with Crippen LogP contribution < -0.4 is 14.4 Å². The molecule has 212 valence electrons. The van der Waals surface area contributed by atoms with Gasteiger partial charge in [-0.25, -0.2) is 8.42 Å². The van der Waals surface area contributed by atoms with E-state index in [9.17, 15) is 18.0 Å². The predicted octanol–water partition coefficient (Wildman–Crippen LogP) is 4.28. The van der Waals surface area contributed by atoms with Gasteiger partial charge in [-0.05, 0) is 47.5 Å². The molecule has 4 rings (SSSR count). The van der Waals surface area contributed by atoms with Gasteiger partial charge in [0, 0.05) is 20.0 Å². The molecule has 4 aromatic carbocycles. The van der Waals surface area contributed by atoms with Crippen molar-refractivity contribution in [3.8, 4) is 5.75 Å². The number of hydrogen-bond acceptors (Lipinski definition) is 5. The fourth-order valence-electron chi connectivity index (χ4n) is 4.50. The number of nitrogens with one attached hydrogen (secondary N) is 1. The second-order valence-corrected chi connectivity index (χ2v) is 11.2. The Balaban J connectivity index is 1.75. The summed E-state index contributed by atoms with van der Waals surface area (Å²) in [6, 6.07) is 32.3. The van der Waals surface area contributed by atoms with Crippen molar-refractivity contribution in [1.82, 2.24) is 10.2 Å². The second kappa shape index (κ2) is 13.6. The lowest BCUT2D eigenvalue weighted by atomic mass is 10.0. The number of nitrogens with zero attached hydrogens (tertiary/aromatic N) is 2. The Morgan fingerprint density at radius 3 is 1.85 bits per heavy atom. The Hall–Kier alpha value is -4.63. The SMILES string of the molecule is CNC(=O)C(Cc1ccccc1)N(Cc1ccccc1)C(=O)CN(c1ccccc1)S(=O)(=O)c1ccc(OC)cc1. The summed E-state index contributed by atoms with van der Waals surface area (Å²) in [6.45, 7) is -0.386. The summed E-state index contributed by atoms with van der Waals surface area (Å²) in [5.41, 5.74) is 2.01. The number of hydrogen-bond donors (Lipinski definition) is 1. The molecular formula is C32H33N3O5S. The lowest BCUT2D eigenvalue weighted by Crippen LogP contribution is -2.53. The number of benzene rings is 4. The van der Waals surface area contributed by atoms with Gasteiger partial charge in [-0.3, -0.25) is 13.9 Å². The summed E-state index contributed by atoms with van der Waals surface area (Å²) in [7, 11) is -1.14. The molecule has 1 atom stereocenters. The van der Waals surface area contributed by atoms with Crippen molar-refractivity contribution in [2.75, 3.05) is 25.0 Å². The van der Waals surface area contributed by atoms with Crippen LogP contribution in [-0.4, -0.2) is 51.9 Å². The van der Waals surface area contributed by atoms with Crippen molar-refractivity contribution < 1.29 is 22.7 Å². The Morgan fingerprint density at radius 2 is 1.32 bits per heavy atom. The van der Waals surface area contributed by atoms with Crippen LogP contribution in [0.25, 0.3) is 0 Å². The Bertz CT molecular complexity index is 1530. The minimum atomic E-state index is -4.16. The number of sulfonamides is 1. The van der Waals surface area contributed by atoms with E-state index >= 15 is 0 Å². The maximum atomic E-state index is 14.2. The van der Waals surface area contributed by atoms with E-state index in [1.54, 1.807) is 42.5 Å². The third-order valence-corrected chi connectivity index (χ3v) is 8.47. The number of methoxy groups -OCH3 is 1. The quantitative estimate of drug-likeness (QED) is 0.274. The number of ether oxygens (including phenoxy) is 1. The van der Waals surface area contributed by atoms with Crippen LogP contribution in [0.5, 0.6) is 5.75 Å². The minimum absolute atomic E-state index is 0.0108. The van der Waals surface area contributed by atoms with Gasteiger partial charge in [0.15, 0.2) is 0 Å². The first-order valence-corrected chi connectivity index (χ1v) is 14.6. The second-order valence-electron chi connectivity index (χ2n) is 9.35. The molecule has 0 spiro atoms. The zero-order chi connectivity index (χ0) is 29.2. The standard InChI is InChI=1S/C32H33N3O5S/c1-33-32(37)30(22-25-12-6-3-7-13-25)34(23-26-14-8-4-9-15-26)31(36)24-35(27-16-10-5-11-17-27)41(38,39)29-20-18-28(40-2)19-21-29/h3-21,30H,22-24H2,1-2H3,(H,33,37). The van der Waals surface area contributed by atoms with E-state index in [4.69, 9.17) is 4.74 Å². The first-order chi connectivity index (χ1) is 19.8.